The summed E-state index contributed by atoms with van der Waals surface area (Å²) in [5, 5.41) is 12.0. The molecule has 0 spiro atoms. The van der Waals surface area contributed by atoms with Crippen LogP contribution in [0.15, 0.2) is 0 Å². The van der Waals surface area contributed by atoms with Crippen LogP contribution in [0.4, 0.5) is 0 Å². The minimum absolute atomic E-state index is 0.241. The Balaban J connectivity index is 2.22. The predicted molar refractivity (Wildman–Crippen MR) is 54.5 cm³/mol. The van der Waals surface area contributed by atoms with Crippen LogP contribution in [-0.4, -0.2) is 30.8 Å². The lowest BCUT2D eigenvalue weighted by atomic mass is 9.74. The Kier molecular flexibility index (Phi) is 4.16. The Morgan fingerprint density at radius 1 is 1.46 bits per heavy atom. The molecule has 1 aliphatic rings. The normalized spacial score (nSPS) is 34.8. The highest BCUT2D eigenvalue weighted by molar-refractivity contribution is 4.85. The lowest BCUT2D eigenvalue weighted by molar-refractivity contribution is 0.185. The number of nitrogens with one attached hydrogen (secondary N) is 1. The van der Waals surface area contributed by atoms with Gasteiger partial charge >= 0.3 is 0 Å². The van der Waals surface area contributed by atoms with Crippen molar-refractivity contribution in [1.29, 1.82) is 0 Å². The summed E-state index contributed by atoms with van der Waals surface area (Å²) in [5.41, 5.74) is 6.10. The number of nitrogens with two attached hydrogens (primary N) is 1. The van der Waals surface area contributed by atoms with Gasteiger partial charge in [0.1, 0.15) is 0 Å². The van der Waals surface area contributed by atoms with Crippen molar-refractivity contribution in [2.75, 3.05) is 19.7 Å². The van der Waals surface area contributed by atoms with Crippen molar-refractivity contribution in [3.05, 3.63) is 0 Å². The molecule has 1 aliphatic carbocycles. The van der Waals surface area contributed by atoms with E-state index >= 15 is 0 Å². The lowest BCUT2D eigenvalue weighted by Gasteiger charge is -2.36. The third-order valence-electron chi connectivity index (χ3n) is 3.23. The van der Waals surface area contributed by atoms with Gasteiger partial charge in [-0.2, -0.15) is 0 Å². The number of hydrogen-bond acceptors (Lipinski definition) is 3. The molecule has 0 amide bonds. The topological polar surface area (TPSA) is 58.3 Å². The maximum Gasteiger partial charge on any atom is 0.0556 e. The van der Waals surface area contributed by atoms with Crippen LogP contribution in [0, 0.1) is 5.41 Å². The summed E-state index contributed by atoms with van der Waals surface area (Å²) in [4.78, 5) is 0. The molecular weight excluding hydrogens is 164 g/mol. The second kappa shape index (κ2) is 4.94. The molecule has 0 bridgehead atoms. The van der Waals surface area contributed by atoms with Crippen LogP contribution in [0.2, 0.25) is 0 Å². The fourth-order valence-electron chi connectivity index (χ4n) is 1.99. The Labute approximate surface area is 80.7 Å². The molecular formula is C10H22N2O. The van der Waals surface area contributed by atoms with E-state index in [9.17, 15) is 0 Å². The van der Waals surface area contributed by atoms with Gasteiger partial charge in [-0.3, -0.25) is 0 Å². The molecule has 1 rings (SSSR count). The number of rotatable bonds is 4. The number of hydrogen-bond donors (Lipinski definition) is 3. The molecule has 4 N–H and O–H groups in total. The van der Waals surface area contributed by atoms with Gasteiger partial charge in [-0.15, -0.1) is 0 Å². The highest BCUT2D eigenvalue weighted by atomic mass is 16.3. The average molecular weight is 186 g/mol. The first-order valence-electron chi connectivity index (χ1n) is 5.24. The SMILES string of the molecule is CC1(CN)CCC(NCCO)CC1. The molecule has 78 valence electrons. The highest BCUT2D eigenvalue weighted by Crippen LogP contribution is 2.34. The van der Waals surface area contributed by atoms with E-state index in [2.05, 4.69) is 12.2 Å². The summed E-state index contributed by atoms with van der Waals surface area (Å²) in [5.74, 6) is 0. The van der Waals surface area contributed by atoms with Gasteiger partial charge in [0, 0.05) is 12.6 Å². The molecule has 3 nitrogen and oxygen atoms in total. The molecule has 0 heterocycles. The van der Waals surface area contributed by atoms with Crippen LogP contribution < -0.4 is 11.1 Å². The van der Waals surface area contributed by atoms with E-state index in [1.54, 1.807) is 0 Å². The second-order valence-electron chi connectivity index (χ2n) is 4.47. The van der Waals surface area contributed by atoms with E-state index in [1.807, 2.05) is 0 Å². The van der Waals surface area contributed by atoms with Crippen LogP contribution in [0.25, 0.3) is 0 Å². The second-order valence-corrected chi connectivity index (χ2v) is 4.47. The maximum absolute atomic E-state index is 8.66. The molecule has 0 unspecified atom stereocenters. The van der Waals surface area contributed by atoms with E-state index in [0.717, 1.165) is 13.1 Å². The summed E-state index contributed by atoms with van der Waals surface area (Å²) < 4.78 is 0. The zero-order chi connectivity index (χ0) is 9.73. The van der Waals surface area contributed by atoms with E-state index in [1.165, 1.54) is 25.7 Å². The minimum Gasteiger partial charge on any atom is -0.395 e. The van der Waals surface area contributed by atoms with Crippen molar-refractivity contribution in [3.63, 3.8) is 0 Å². The molecule has 0 saturated heterocycles. The molecule has 0 radical (unpaired) electrons. The van der Waals surface area contributed by atoms with Crippen molar-refractivity contribution in [2.24, 2.45) is 11.1 Å². The van der Waals surface area contributed by atoms with Gasteiger partial charge in [-0.1, -0.05) is 6.92 Å². The summed E-state index contributed by atoms with van der Waals surface area (Å²) in [7, 11) is 0. The highest BCUT2D eigenvalue weighted by Gasteiger charge is 2.29. The summed E-state index contributed by atoms with van der Waals surface area (Å²) in [6.07, 6.45) is 4.83. The Hall–Kier alpha value is -0.120. The molecule has 13 heavy (non-hydrogen) atoms. The summed E-state index contributed by atoms with van der Waals surface area (Å²) >= 11 is 0. The van der Waals surface area contributed by atoms with Gasteiger partial charge < -0.3 is 16.2 Å². The van der Waals surface area contributed by atoms with Crippen LogP contribution in [0.3, 0.4) is 0 Å². The van der Waals surface area contributed by atoms with Crippen LogP contribution >= 0.6 is 0 Å². The molecule has 1 fully saturated rings. The molecule has 0 aromatic rings. The van der Waals surface area contributed by atoms with Crippen LogP contribution in [-0.2, 0) is 0 Å². The molecule has 1 saturated carbocycles. The van der Waals surface area contributed by atoms with Gasteiger partial charge in [0.25, 0.3) is 0 Å². The van der Waals surface area contributed by atoms with E-state index in [0.29, 0.717) is 11.5 Å². The van der Waals surface area contributed by atoms with E-state index in [-0.39, 0.29) is 6.61 Å². The van der Waals surface area contributed by atoms with Crippen molar-refractivity contribution in [1.82, 2.24) is 5.32 Å². The first-order chi connectivity index (χ1) is 6.20. The van der Waals surface area contributed by atoms with E-state index in [4.69, 9.17) is 10.8 Å². The molecule has 0 aliphatic heterocycles. The first kappa shape index (κ1) is 11.0. The Morgan fingerprint density at radius 3 is 2.54 bits per heavy atom. The van der Waals surface area contributed by atoms with Gasteiger partial charge in [0.15, 0.2) is 0 Å². The maximum atomic E-state index is 8.66. The van der Waals surface area contributed by atoms with Crippen molar-refractivity contribution < 1.29 is 5.11 Å². The van der Waals surface area contributed by atoms with Gasteiger partial charge in [0.2, 0.25) is 0 Å². The molecule has 0 aromatic carbocycles. The van der Waals surface area contributed by atoms with Gasteiger partial charge in [0.05, 0.1) is 6.61 Å². The number of aliphatic hydroxyl groups is 1. The zero-order valence-electron chi connectivity index (χ0n) is 8.55. The standard InChI is InChI=1S/C10H22N2O/c1-10(8-11)4-2-9(3-5-10)12-6-7-13/h9,12-13H,2-8,11H2,1H3. The minimum atomic E-state index is 0.241. The largest absolute Gasteiger partial charge is 0.395 e. The van der Waals surface area contributed by atoms with Crippen LogP contribution in [0.5, 0.6) is 0 Å². The fourth-order valence-corrected chi connectivity index (χ4v) is 1.99. The fraction of sp³-hybridized carbons (Fsp3) is 1.00. The number of aliphatic hydroxyl groups excluding tert-OH is 1. The van der Waals surface area contributed by atoms with Crippen molar-refractivity contribution >= 4 is 0 Å². The Morgan fingerprint density at radius 2 is 2.08 bits per heavy atom. The third-order valence-corrected chi connectivity index (χ3v) is 3.23. The first-order valence-corrected chi connectivity index (χ1v) is 5.24. The van der Waals surface area contributed by atoms with Crippen LogP contribution in [0.1, 0.15) is 32.6 Å². The predicted octanol–water partition coefficient (Wildman–Crippen LogP) is 0.476. The van der Waals surface area contributed by atoms with Gasteiger partial charge in [-0.25, -0.2) is 0 Å². The summed E-state index contributed by atoms with van der Waals surface area (Å²) in [6.45, 7) is 4.05. The van der Waals surface area contributed by atoms with E-state index < -0.39 is 0 Å². The monoisotopic (exact) mass is 186 g/mol. The molecule has 3 heteroatoms. The van der Waals surface area contributed by atoms with Crippen molar-refractivity contribution in [2.45, 2.75) is 38.6 Å². The Bertz CT molecular complexity index is 142. The average Bonchev–Trinajstić information content (AvgIpc) is 2.17. The third kappa shape index (κ3) is 3.25. The zero-order valence-corrected chi connectivity index (χ0v) is 8.55. The molecule has 0 aromatic heterocycles. The van der Waals surface area contributed by atoms with Crippen molar-refractivity contribution in [3.8, 4) is 0 Å². The lowest BCUT2D eigenvalue weighted by Crippen LogP contribution is -2.40. The van der Waals surface area contributed by atoms with Gasteiger partial charge in [-0.05, 0) is 37.6 Å². The summed E-state index contributed by atoms with van der Waals surface area (Å²) in [6, 6.07) is 0.603. The smallest absolute Gasteiger partial charge is 0.0556 e. The quantitative estimate of drug-likeness (QED) is 0.598. The molecule has 0 atom stereocenters.